The van der Waals surface area contributed by atoms with Gasteiger partial charge in [-0.3, -0.25) is 9.20 Å². The SMILES string of the molecule is CC(=O)N1CCC[C@@H](c2nc(-c3ccc([C@@](C)(O)c4cccc(Cl)c4)cc3)c3c(N)nccn23)C1. The minimum absolute atomic E-state index is 0.0827. The summed E-state index contributed by atoms with van der Waals surface area (Å²) in [7, 11) is 0. The van der Waals surface area contributed by atoms with Gasteiger partial charge in [0.1, 0.15) is 28.5 Å². The van der Waals surface area contributed by atoms with E-state index in [1.807, 2.05) is 51.9 Å². The first kappa shape index (κ1) is 23.3. The fourth-order valence-corrected chi connectivity index (χ4v) is 5.15. The maximum Gasteiger partial charge on any atom is 0.219 e. The van der Waals surface area contributed by atoms with E-state index in [0.717, 1.165) is 47.5 Å². The van der Waals surface area contributed by atoms with Crippen LogP contribution in [0.3, 0.4) is 0 Å². The quantitative estimate of drug-likeness (QED) is 0.436. The molecule has 2 aromatic carbocycles. The van der Waals surface area contributed by atoms with Gasteiger partial charge < -0.3 is 15.7 Å². The van der Waals surface area contributed by atoms with Gasteiger partial charge in [0, 0.05) is 48.9 Å². The Bertz CT molecular complexity index is 1400. The number of piperidine rings is 1. The van der Waals surface area contributed by atoms with E-state index in [9.17, 15) is 9.90 Å². The predicted molar refractivity (Wildman–Crippen MR) is 137 cm³/mol. The molecular weight excluding hydrogens is 462 g/mol. The topological polar surface area (TPSA) is 96.8 Å². The van der Waals surface area contributed by atoms with Crippen LogP contribution in [0.5, 0.6) is 0 Å². The van der Waals surface area contributed by atoms with Crippen molar-refractivity contribution in [3.05, 3.63) is 82.9 Å². The number of nitrogens with zero attached hydrogens (tertiary/aromatic N) is 4. The second-order valence-electron chi connectivity index (χ2n) is 9.31. The Morgan fingerprint density at radius 1 is 1.20 bits per heavy atom. The number of benzene rings is 2. The van der Waals surface area contributed by atoms with Crippen LogP contribution >= 0.6 is 11.6 Å². The summed E-state index contributed by atoms with van der Waals surface area (Å²) in [5.41, 5.74) is 8.92. The number of hydrogen-bond acceptors (Lipinski definition) is 5. The highest BCUT2D eigenvalue weighted by Crippen LogP contribution is 2.36. The van der Waals surface area contributed by atoms with Crippen molar-refractivity contribution in [3.8, 4) is 11.3 Å². The molecule has 4 aromatic rings. The van der Waals surface area contributed by atoms with Crippen molar-refractivity contribution < 1.29 is 9.90 Å². The third-order valence-electron chi connectivity index (χ3n) is 6.95. The molecule has 1 saturated heterocycles. The number of imidazole rings is 1. The molecule has 5 rings (SSSR count). The lowest BCUT2D eigenvalue weighted by atomic mass is 9.87. The van der Waals surface area contributed by atoms with Gasteiger partial charge in [-0.2, -0.15) is 0 Å². The third-order valence-corrected chi connectivity index (χ3v) is 7.18. The molecule has 0 unspecified atom stereocenters. The first-order valence-corrected chi connectivity index (χ1v) is 12.1. The maximum absolute atomic E-state index is 12.0. The molecule has 0 aliphatic carbocycles. The van der Waals surface area contributed by atoms with Crippen molar-refractivity contribution in [2.45, 2.75) is 38.2 Å². The van der Waals surface area contributed by atoms with Crippen molar-refractivity contribution in [3.63, 3.8) is 0 Å². The van der Waals surface area contributed by atoms with Crippen molar-refractivity contribution in [2.75, 3.05) is 18.8 Å². The Kier molecular flexibility index (Phi) is 5.99. The highest BCUT2D eigenvalue weighted by molar-refractivity contribution is 6.30. The Hall–Kier alpha value is -3.42. The first-order valence-electron chi connectivity index (χ1n) is 11.7. The summed E-state index contributed by atoms with van der Waals surface area (Å²) in [6.45, 7) is 4.78. The normalized spacial score (nSPS) is 17.9. The van der Waals surface area contributed by atoms with Gasteiger partial charge in [0.15, 0.2) is 0 Å². The first-order chi connectivity index (χ1) is 16.8. The molecule has 1 amide bonds. The van der Waals surface area contributed by atoms with E-state index in [2.05, 4.69) is 4.98 Å². The summed E-state index contributed by atoms with van der Waals surface area (Å²) in [5.74, 6) is 1.47. The Labute approximate surface area is 209 Å². The molecule has 0 bridgehead atoms. The molecule has 0 saturated carbocycles. The Morgan fingerprint density at radius 3 is 2.69 bits per heavy atom. The summed E-state index contributed by atoms with van der Waals surface area (Å²) >= 11 is 6.15. The Balaban J connectivity index is 1.55. The Morgan fingerprint density at radius 2 is 1.97 bits per heavy atom. The highest BCUT2D eigenvalue weighted by Gasteiger charge is 2.29. The monoisotopic (exact) mass is 489 g/mol. The van der Waals surface area contributed by atoms with E-state index in [-0.39, 0.29) is 11.8 Å². The van der Waals surface area contributed by atoms with Gasteiger partial charge in [0.05, 0.1) is 0 Å². The van der Waals surface area contributed by atoms with Gasteiger partial charge in [-0.1, -0.05) is 48.0 Å². The largest absolute Gasteiger partial charge is 0.382 e. The molecule has 2 aromatic heterocycles. The van der Waals surface area contributed by atoms with Gasteiger partial charge in [-0.25, -0.2) is 9.97 Å². The molecule has 1 aliphatic heterocycles. The van der Waals surface area contributed by atoms with Gasteiger partial charge in [-0.05, 0) is 43.0 Å². The van der Waals surface area contributed by atoms with E-state index in [4.69, 9.17) is 22.3 Å². The molecule has 0 spiro atoms. The van der Waals surface area contributed by atoms with Crippen LogP contribution in [-0.2, 0) is 10.4 Å². The summed E-state index contributed by atoms with van der Waals surface area (Å²) in [6, 6.07) is 14.9. The molecular formula is C27H28ClN5O2. The standard InChI is InChI=1S/C27H28ClN5O2/c1-17(34)32-13-4-5-19(16-32)26-31-23(24-25(29)30-12-14-33(24)26)18-8-10-20(11-9-18)27(2,35)21-6-3-7-22(28)15-21/h3,6-12,14-15,19,35H,4-5,13,16H2,1-2H3,(H2,29,30)/t19-,27-/m1/s1. The number of aliphatic hydroxyl groups is 1. The predicted octanol–water partition coefficient (Wildman–Crippen LogP) is 4.61. The fourth-order valence-electron chi connectivity index (χ4n) is 4.96. The maximum atomic E-state index is 12.0. The zero-order valence-corrected chi connectivity index (χ0v) is 20.5. The van der Waals surface area contributed by atoms with E-state index in [0.29, 0.717) is 22.9 Å². The third kappa shape index (κ3) is 4.26. The molecule has 35 heavy (non-hydrogen) atoms. The second-order valence-corrected chi connectivity index (χ2v) is 9.75. The van der Waals surface area contributed by atoms with Crippen LogP contribution in [0.4, 0.5) is 5.82 Å². The zero-order chi connectivity index (χ0) is 24.7. The molecule has 2 atom stereocenters. The van der Waals surface area contributed by atoms with Crippen molar-refractivity contribution in [2.24, 2.45) is 0 Å². The average Bonchev–Trinajstić information content (AvgIpc) is 3.25. The lowest BCUT2D eigenvalue weighted by Gasteiger charge is -2.31. The molecule has 8 heteroatoms. The number of rotatable bonds is 4. The van der Waals surface area contributed by atoms with Gasteiger partial charge in [0.2, 0.25) is 5.91 Å². The molecule has 7 nitrogen and oxygen atoms in total. The van der Waals surface area contributed by atoms with E-state index in [1.165, 1.54) is 0 Å². The smallest absolute Gasteiger partial charge is 0.219 e. The molecule has 1 aliphatic rings. The van der Waals surface area contributed by atoms with Crippen molar-refractivity contribution >= 4 is 28.8 Å². The summed E-state index contributed by atoms with van der Waals surface area (Å²) in [4.78, 5) is 23.2. The van der Waals surface area contributed by atoms with E-state index in [1.54, 1.807) is 32.2 Å². The van der Waals surface area contributed by atoms with Crippen LogP contribution < -0.4 is 5.73 Å². The number of carbonyl (C=O) groups excluding carboxylic acids is 1. The minimum Gasteiger partial charge on any atom is -0.382 e. The van der Waals surface area contributed by atoms with Gasteiger partial charge >= 0.3 is 0 Å². The number of carbonyl (C=O) groups is 1. The summed E-state index contributed by atoms with van der Waals surface area (Å²) in [5, 5.41) is 11.8. The van der Waals surface area contributed by atoms with Crippen LogP contribution in [0.25, 0.3) is 16.8 Å². The van der Waals surface area contributed by atoms with Gasteiger partial charge in [-0.15, -0.1) is 0 Å². The van der Waals surface area contributed by atoms with E-state index < -0.39 is 5.60 Å². The summed E-state index contributed by atoms with van der Waals surface area (Å²) in [6.07, 6.45) is 5.44. The van der Waals surface area contributed by atoms with Crippen LogP contribution in [-0.4, -0.2) is 43.4 Å². The second kappa shape index (κ2) is 8.98. The molecule has 180 valence electrons. The zero-order valence-electron chi connectivity index (χ0n) is 19.8. The molecule has 3 heterocycles. The molecule has 0 radical (unpaired) electrons. The van der Waals surface area contributed by atoms with Crippen LogP contribution in [0.15, 0.2) is 60.9 Å². The summed E-state index contributed by atoms with van der Waals surface area (Å²) < 4.78 is 2.00. The number of amides is 1. The average molecular weight is 490 g/mol. The number of nitrogens with two attached hydrogens (primary N) is 1. The number of aromatic nitrogens is 3. The van der Waals surface area contributed by atoms with Crippen molar-refractivity contribution in [1.82, 2.24) is 19.3 Å². The molecule has 3 N–H and O–H groups in total. The van der Waals surface area contributed by atoms with Crippen molar-refractivity contribution in [1.29, 1.82) is 0 Å². The minimum atomic E-state index is -1.20. The van der Waals surface area contributed by atoms with Crippen LogP contribution in [0, 0.1) is 0 Å². The highest BCUT2D eigenvalue weighted by atomic mass is 35.5. The number of fused-ring (bicyclic) bond motifs is 1. The number of anilines is 1. The number of nitrogen functional groups attached to an aromatic ring is 1. The fraction of sp³-hybridized carbons (Fsp3) is 0.296. The van der Waals surface area contributed by atoms with Crippen LogP contribution in [0.1, 0.15) is 49.6 Å². The number of likely N-dealkylation sites (tertiary alicyclic amines) is 1. The number of hydrogen-bond donors (Lipinski definition) is 2. The van der Waals surface area contributed by atoms with E-state index >= 15 is 0 Å². The van der Waals surface area contributed by atoms with Crippen LogP contribution in [0.2, 0.25) is 5.02 Å². The lowest BCUT2D eigenvalue weighted by Crippen LogP contribution is -2.38. The number of halogens is 1. The van der Waals surface area contributed by atoms with Gasteiger partial charge in [0.25, 0.3) is 0 Å². The lowest BCUT2D eigenvalue weighted by molar-refractivity contribution is -0.130. The molecule has 1 fully saturated rings.